The first-order chi connectivity index (χ1) is 6.84. The van der Waals surface area contributed by atoms with E-state index in [9.17, 15) is 0 Å². The molecule has 1 aliphatic heterocycles. The molecule has 1 aromatic rings. The van der Waals surface area contributed by atoms with Crippen LogP contribution in [-0.4, -0.2) is 47.2 Å². The fourth-order valence-electron chi connectivity index (χ4n) is 1.80. The molecule has 78 valence electrons. The average molecular weight is 194 g/mol. The van der Waals surface area contributed by atoms with Gasteiger partial charge in [0.05, 0.1) is 12.0 Å². The zero-order valence-corrected chi connectivity index (χ0v) is 8.74. The molecule has 0 bridgehead atoms. The molecule has 0 aliphatic carbocycles. The molecule has 0 amide bonds. The number of hydrogen-bond donors (Lipinski definition) is 1. The molecule has 4 heteroatoms. The Morgan fingerprint density at radius 1 is 1.43 bits per heavy atom. The van der Waals surface area contributed by atoms with Crippen LogP contribution in [0.5, 0.6) is 0 Å². The molecule has 14 heavy (non-hydrogen) atoms. The molecule has 4 nitrogen and oxygen atoms in total. The van der Waals surface area contributed by atoms with E-state index >= 15 is 0 Å². The lowest BCUT2D eigenvalue weighted by atomic mass is 10.3. The third kappa shape index (κ3) is 2.56. The van der Waals surface area contributed by atoms with Gasteiger partial charge < -0.3 is 14.8 Å². The second-order valence-electron chi connectivity index (χ2n) is 3.87. The van der Waals surface area contributed by atoms with Gasteiger partial charge in [0.25, 0.3) is 0 Å². The van der Waals surface area contributed by atoms with E-state index < -0.39 is 0 Å². The maximum atomic E-state index is 4.32. The highest BCUT2D eigenvalue weighted by Gasteiger charge is 2.09. The molecule has 0 saturated carbocycles. The fraction of sp³-hybridized carbons (Fsp3) is 0.700. The van der Waals surface area contributed by atoms with Crippen LogP contribution in [0.2, 0.25) is 0 Å². The highest BCUT2D eigenvalue weighted by molar-refractivity contribution is 4.96. The molecule has 1 aromatic heterocycles. The fourth-order valence-corrected chi connectivity index (χ4v) is 1.80. The van der Waals surface area contributed by atoms with Crippen molar-refractivity contribution in [3.63, 3.8) is 0 Å². The van der Waals surface area contributed by atoms with Crippen LogP contribution in [0.3, 0.4) is 0 Å². The minimum absolute atomic E-state index is 1.07. The summed E-state index contributed by atoms with van der Waals surface area (Å²) in [7, 11) is 2.02. The third-order valence-corrected chi connectivity index (χ3v) is 2.65. The Labute approximate surface area is 84.9 Å². The van der Waals surface area contributed by atoms with Crippen molar-refractivity contribution in [3.05, 3.63) is 18.2 Å². The Kier molecular flexibility index (Phi) is 3.16. The minimum Gasteiger partial charge on any atom is -0.340 e. The van der Waals surface area contributed by atoms with Crippen LogP contribution < -0.4 is 5.32 Å². The van der Waals surface area contributed by atoms with Crippen molar-refractivity contribution in [1.82, 2.24) is 19.8 Å². The summed E-state index contributed by atoms with van der Waals surface area (Å²) in [5.74, 6) is 0. The number of aromatic nitrogens is 2. The van der Waals surface area contributed by atoms with Gasteiger partial charge in [-0.25, -0.2) is 4.98 Å². The molecule has 2 heterocycles. The lowest BCUT2D eigenvalue weighted by Crippen LogP contribution is -2.44. The number of piperazine rings is 1. The predicted molar refractivity (Wildman–Crippen MR) is 56.2 cm³/mol. The summed E-state index contributed by atoms with van der Waals surface area (Å²) in [4.78, 5) is 6.81. The van der Waals surface area contributed by atoms with Crippen molar-refractivity contribution >= 4 is 0 Å². The maximum Gasteiger partial charge on any atom is 0.0946 e. The van der Waals surface area contributed by atoms with E-state index in [4.69, 9.17) is 0 Å². The Morgan fingerprint density at radius 3 is 2.86 bits per heavy atom. The van der Waals surface area contributed by atoms with Gasteiger partial charge in [0.2, 0.25) is 0 Å². The van der Waals surface area contributed by atoms with E-state index in [2.05, 4.69) is 21.4 Å². The first-order valence-electron chi connectivity index (χ1n) is 5.24. The van der Waals surface area contributed by atoms with Crippen molar-refractivity contribution in [2.45, 2.75) is 6.42 Å². The van der Waals surface area contributed by atoms with Crippen LogP contribution in [0, 0.1) is 0 Å². The molecule has 1 aliphatic rings. The molecule has 0 aromatic carbocycles. The van der Waals surface area contributed by atoms with Gasteiger partial charge in [0, 0.05) is 52.4 Å². The van der Waals surface area contributed by atoms with Gasteiger partial charge in [-0.1, -0.05) is 0 Å². The normalized spacial score (nSPS) is 18.6. The summed E-state index contributed by atoms with van der Waals surface area (Å²) in [6, 6.07) is 0. The molecule has 0 atom stereocenters. The van der Waals surface area contributed by atoms with E-state index in [1.54, 1.807) is 0 Å². The molecule has 0 spiro atoms. The summed E-state index contributed by atoms with van der Waals surface area (Å²) >= 11 is 0. The van der Waals surface area contributed by atoms with Gasteiger partial charge in [-0.2, -0.15) is 0 Å². The number of rotatable bonds is 3. The maximum absolute atomic E-state index is 4.32. The molecule has 1 saturated heterocycles. The van der Waals surface area contributed by atoms with Crippen LogP contribution >= 0.6 is 0 Å². The van der Waals surface area contributed by atoms with E-state index in [0.29, 0.717) is 0 Å². The smallest absolute Gasteiger partial charge is 0.0946 e. The third-order valence-electron chi connectivity index (χ3n) is 2.65. The summed E-state index contributed by atoms with van der Waals surface area (Å²) in [5.41, 5.74) is 1.20. The Hall–Kier alpha value is -0.870. The number of nitrogens with zero attached hydrogens (tertiary/aromatic N) is 3. The van der Waals surface area contributed by atoms with E-state index in [1.165, 1.54) is 18.8 Å². The first kappa shape index (κ1) is 9.68. The largest absolute Gasteiger partial charge is 0.340 e. The van der Waals surface area contributed by atoms with Crippen molar-refractivity contribution in [3.8, 4) is 0 Å². The summed E-state index contributed by atoms with van der Waals surface area (Å²) in [6.45, 7) is 5.74. The Balaban J connectivity index is 1.76. The number of aryl methyl sites for hydroxylation is 1. The number of imidazole rings is 1. The van der Waals surface area contributed by atoms with Gasteiger partial charge in [-0.3, -0.25) is 0 Å². The highest BCUT2D eigenvalue weighted by Crippen LogP contribution is 1.99. The molecule has 0 radical (unpaired) electrons. The van der Waals surface area contributed by atoms with E-state index in [0.717, 1.165) is 26.1 Å². The molecule has 0 unspecified atom stereocenters. The van der Waals surface area contributed by atoms with E-state index in [1.807, 2.05) is 17.9 Å². The lowest BCUT2D eigenvalue weighted by Gasteiger charge is -2.26. The topological polar surface area (TPSA) is 33.1 Å². The Bertz CT molecular complexity index is 275. The predicted octanol–water partition coefficient (Wildman–Crippen LogP) is -0.132. The summed E-state index contributed by atoms with van der Waals surface area (Å²) in [6.07, 6.45) is 5.04. The lowest BCUT2D eigenvalue weighted by molar-refractivity contribution is 0.243. The molecular formula is C10H18N4. The van der Waals surface area contributed by atoms with Gasteiger partial charge in [-0.15, -0.1) is 0 Å². The minimum atomic E-state index is 1.07. The van der Waals surface area contributed by atoms with Crippen LogP contribution in [0.1, 0.15) is 5.69 Å². The highest BCUT2D eigenvalue weighted by atomic mass is 15.2. The summed E-state index contributed by atoms with van der Waals surface area (Å²) < 4.78 is 2.01. The van der Waals surface area contributed by atoms with E-state index in [-0.39, 0.29) is 0 Å². The van der Waals surface area contributed by atoms with Crippen molar-refractivity contribution < 1.29 is 0 Å². The summed E-state index contributed by atoms with van der Waals surface area (Å²) in [5, 5.41) is 3.36. The number of nitrogens with one attached hydrogen (secondary N) is 1. The molecule has 1 fully saturated rings. The zero-order chi connectivity index (χ0) is 9.80. The van der Waals surface area contributed by atoms with Crippen molar-refractivity contribution in [1.29, 1.82) is 0 Å². The second-order valence-corrected chi connectivity index (χ2v) is 3.87. The second kappa shape index (κ2) is 4.57. The van der Waals surface area contributed by atoms with Crippen molar-refractivity contribution in [2.75, 3.05) is 32.7 Å². The van der Waals surface area contributed by atoms with Gasteiger partial charge in [-0.05, 0) is 0 Å². The Morgan fingerprint density at radius 2 is 2.21 bits per heavy atom. The molecule has 1 N–H and O–H groups in total. The standard InChI is InChI=1S/C10H18N4/c1-13-8-10(12-9-13)2-5-14-6-3-11-4-7-14/h8-9,11H,2-7H2,1H3. The van der Waals surface area contributed by atoms with Crippen LogP contribution in [0.4, 0.5) is 0 Å². The monoisotopic (exact) mass is 194 g/mol. The van der Waals surface area contributed by atoms with Crippen LogP contribution in [-0.2, 0) is 13.5 Å². The molecular weight excluding hydrogens is 176 g/mol. The van der Waals surface area contributed by atoms with Crippen LogP contribution in [0.15, 0.2) is 12.5 Å². The number of hydrogen-bond acceptors (Lipinski definition) is 3. The van der Waals surface area contributed by atoms with Crippen LogP contribution in [0.25, 0.3) is 0 Å². The van der Waals surface area contributed by atoms with Gasteiger partial charge in [0.1, 0.15) is 0 Å². The quantitative estimate of drug-likeness (QED) is 0.727. The van der Waals surface area contributed by atoms with Gasteiger partial charge >= 0.3 is 0 Å². The first-order valence-corrected chi connectivity index (χ1v) is 5.24. The average Bonchev–Trinajstić information content (AvgIpc) is 2.63. The van der Waals surface area contributed by atoms with Crippen molar-refractivity contribution in [2.24, 2.45) is 7.05 Å². The van der Waals surface area contributed by atoms with Gasteiger partial charge in [0.15, 0.2) is 0 Å². The molecule has 2 rings (SSSR count). The SMILES string of the molecule is Cn1cnc(CCN2CCNCC2)c1. The zero-order valence-electron chi connectivity index (χ0n) is 8.74.